The lowest BCUT2D eigenvalue weighted by molar-refractivity contribution is -0.124. The van der Waals surface area contributed by atoms with Crippen LogP contribution in [0.1, 0.15) is 10.4 Å². The van der Waals surface area contributed by atoms with E-state index in [0.717, 1.165) is 0 Å². The molecular formula is C14H18BrNO6. The van der Waals surface area contributed by atoms with Crippen molar-refractivity contribution in [3.8, 4) is 11.5 Å². The van der Waals surface area contributed by atoms with Crippen molar-refractivity contribution in [2.75, 3.05) is 41.1 Å². The van der Waals surface area contributed by atoms with Crippen LogP contribution in [0.3, 0.4) is 0 Å². The van der Waals surface area contributed by atoms with E-state index in [0.29, 0.717) is 29.1 Å². The second-order valence-corrected chi connectivity index (χ2v) is 4.91. The van der Waals surface area contributed by atoms with Crippen LogP contribution in [0.5, 0.6) is 11.5 Å². The molecule has 0 saturated carbocycles. The molecule has 22 heavy (non-hydrogen) atoms. The van der Waals surface area contributed by atoms with Crippen molar-refractivity contribution in [3.63, 3.8) is 0 Å². The first kappa shape index (κ1) is 18.2. The number of ether oxygens (including phenoxy) is 4. The largest absolute Gasteiger partial charge is 0.495 e. The molecule has 0 aliphatic rings. The van der Waals surface area contributed by atoms with Gasteiger partial charge in [0.2, 0.25) is 0 Å². The smallest absolute Gasteiger partial charge is 0.338 e. The number of amides is 1. The standard InChI is InChI=1S/C14H18BrNO6/c1-19-5-4-16-12(17)8-22-14(18)9-6-10(20-2)13(15)11(7-9)21-3/h6-7H,4-5,8H2,1-3H3,(H,16,17). The molecule has 0 radical (unpaired) electrons. The van der Waals surface area contributed by atoms with Crippen molar-refractivity contribution in [1.29, 1.82) is 0 Å². The average molecular weight is 376 g/mol. The Balaban J connectivity index is 2.67. The number of esters is 1. The first-order valence-corrected chi connectivity index (χ1v) is 7.17. The highest BCUT2D eigenvalue weighted by Gasteiger charge is 2.16. The lowest BCUT2D eigenvalue weighted by Gasteiger charge is -2.11. The predicted molar refractivity (Wildman–Crippen MR) is 82.4 cm³/mol. The van der Waals surface area contributed by atoms with E-state index in [4.69, 9.17) is 18.9 Å². The first-order chi connectivity index (χ1) is 10.5. The zero-order valence-corrected chi connectivity index (χ0v) is 14.2. The molecule has 122 valence electrons. The minimum absolute atomic E-state index is 0.224. The number of carbonyl (C=O) groups excluding carboxylic acids is 2. The summed E-state index contributed by atoms with van der Waals surface area (Å²) in [4.78, 5) is 23.4. The third-order valence-corrected chi connectivity index (χ3v) is 3.43. The molecule has 0 spiro atoms. The van der Waals surface area contributed by atoms with Gasteiger partial charge in [0.1, 0.15) is 16.0 Å². The summed E-state index contributed by atoms with van der Waals surface area (Å²) in [5.41, 5.74) is 0.224. The van der Waals surface area contributed by atoms with E-state index in [1.807, 2.05) is 0 Å². The van der Waals surface area contributed by atoms with E-state index in [2.05, 4.69) is 21.2 Å². The van der Waals surface area contributed by atoms with Gasteiger partial charge in [0, 0.05) is 13.7 Å². The Hall–Kier alpha value is -1.80. The number of halogens is 1. The maximum atomic E-state index is 12.0. The van der Waals surface area contributed by atoms with Gasteiger partial charge in [-0.1, -0.05) is 0 Å². The molecule has 0 bridgehead atoms. The van der Waals surface area contributed by atoms with E-state index in [-0.39, 0.29) is 12.2 Å². The van der Waals surface area contributed by atoms with Crippen LogP contribution < -0.4 is 14.8 Å². The molecule has 1 aromatic rings. The van der Waals surface area contributed by atoms with Crippen LogP contribution in [-0.4, -0.2) is 53.0 Å². The molecule has 1 N–H and O–H groups in total. The predicted octanol–water partition coefficient (Wildman–Crippen LogP) is 1.39. The van der Waals surface area contributed by atoms with Gasteiger partial charge in [-0.2, -0.15) is 0 Å². The summed E-state index contributed by atoms with van der Waals surface area (Å²) in [6.45, 7) is 0.372. The fraction of sp³-hybridized carbons (Fsp3) is 0.429. The van der Waals surface area contributed by atoms with E-state index in [9.17, 15) is 9.59 Å². The van der Waals surface area contributed by atoms with Crippen LogP contribution in [0.2, 0.25) is 0 Å². The Labute approximate surface area is 137 Å². The van der Waals surface area contributed by atoms with E-state index in [1.165, 1.54) is 33.5 Å². The number of carbonyl (C=O) groups is 2. The normalized spacial score (nSPS) is 10.0. The average Bonchev–Trinajstić information content (AvgIpc) is 2.53. The molecule has 1 rings (SSSR count). The van der Waals surface area contributed by atoms with Crippen molar-refractivity contribution in [1.82, 2.24) is 5.32 Å². The number of methoxy groups -OCH3 is 3. The summed E-state index contributed by atoms with van der Waals surface area (Å²) < 4.78 is 20.6. The molecular weight excluding hydrogens is 358 g/mol. The second kappa shape index (κ2) is 9.26. The molecule has 7 nitrogen and oxygen atoms in total. The van der Waals surface area contributed by atoms with Gasteiger partial charge in [-0.05, 0) is 28.1 Å². The molecule has 0 heterocycles. The van der Waals surface area contributed by atoms with Gasteiger partial charge in [0.25, 0.3) is 5.91 Å². The molecule has 1 aromatic carbocycles. The minimum atomic E-state index is -0.647. The van der Waals surface area contributed by atoms with Gasteiger partial charge < -0.3 is 24.3 Å². The molecule has 0 aliphatic heterocycles. The molecule has 1 amide bonds. The summed E-state index contributed by atoms with van der Waals surface area (Å²) in [6.07, 6.45) is 0. The van der Waals surface area contributed by atoms with Crippen molar-refractivity contribution >= 4 is 27.8 Å². The SMILES string of the molecule is COCCNC(=O)COC(=O)c1cc(OC)c(Br)c(OC)c1. The van der Waals surface area contributed by atoms with E-state index < -0.39 is 11.9 Å². The van der Waals surface area contributed by atoms with Gasteiger partial charge in [-0.15, -0.1) is 0 Å². The summed E-state index contributed by atoms with van der Waals surface area (Å²) in [7, 11) is 4.47. The molecule has 0 aliphatic carbocycles. The summed E-state index contributed by atoms with van der Waals surface area (Å²) >= 11 is 3.30. The molecule has 0 saturated heterocycles. The molecule has 0 aromatic heterocycles. The van der Waals surface area contributed by atoms with Gasteiger partial charge in [-0.25, -0.2) is 4.79 Å². The Morgan fingerprint density at radius 1 is 1.14 bits per heavy atom. The van der Waals surface area contributed by atoms with Crippen molar-refractivity contribution in [2.45, 2.75) is 0 Å². The highest BCUT2D eigenvalue weighted by atomic mass is 79.9. The van der Waals surface area contributed by atoms with Crippen LogP contribution in [0, 0.1) is 0 Å². The van der Waals surface area contributed by atoms with Crippen molar-refractivity contribution < 1.29 is 28.5 Å². The van der Waals surface area contributed by atoms with Crippen LogP contribution in [-0.2, 0) is 14.3 Å². The Morgan fingerprint density at radius 2 is 1.73 bits per heavy atom. The van der Waals surface area contributed by atoms with Gasteiger partial charge in [-0.3, -0.25) is 4.79 Å². The lowest BCUT2D eigenvalue weighted by atomic mass is 10.2. The topological polar surface area (TPSA) is 83.1 Å². The van der Waals surface area contributed by atoms with Gasteiger partial charge in [0.05, 0.1) is 26.4 Å². The minimum Gasteiger partial charge on any atom is -0.495 e. The third-order valence-electron chi connectivity index (χ3n) is 2.64. The molecule has 0 atom stereocenters. The number of benzene rings is 1. The monoisotopic (exact) mass is 375 g/mol. The van der Waals surface area contributed by atoms with Crippen LogP contribution >= 0.6 is 15.9 Å². The Kier molecular flexibility index (Phi) is 7.69. The summed E-state index contributed by atoms with van der Waals surface area (Å²) in [6, 6.07) is 3.00. The maximum Gasteiger partial charge on any atom is 0.338 e. The highest BCUT2D eigenvalue weighted by molar-refractivity contribution is 9.10. The highest BCUT2D eigenvalue weighted by Crippen LogP contribution is 2.35. The van der Waals surface area contributed by atoms with Gasteiger partial charge >= 0.3 is 5.97 Å². The van der Waals surface area contributed by atoms with E-state index >= 15 is 0 Å². The zero-order chi connectivity index (χ0) is 16.5. The lowest BCUT2D eigenvalue weighted by Crippen LogP contribution is -2.31. The zero-order valence-electron chi connectivity index (χ0n) is 12.6. The van der Waals surface area contributed by atoms with Crippen molar-refractivity contribution in [2.24, 2.45) is 0 Å². The first-order valence-electron chi connectivity index (χ1n) is 6.37. The van der Waals surface area contributed by atoms with E-state index in [1.54, 1.807) is 0 Å². The van der Waals surface area contributed by atoms with Gasteiger partial charge in [0.15, 0.2) is 6.61 Å². The molecule has 8 heteroatoms. The van der Waals surface area contributed by atoms with Crippen LogP contribution in [0.4, 0.5) is 0 Å². The number of rotatable bonds is 8. The number of nitrogens with one attached hydrogen (secondary N) is 1. The summed E-state index contributed by atoms with van der Waals surface area (Å²) in [5.74, 6) is -0.195. The second-order valence-electron chi connectivity index (χ2n) is 4.11. The number of hydrogen-bond donors (Lipinski definition) is 1. The molecule has 0 fully saturated rings. The quantitative estimate of drug-likeness (QED) is 0.545. The fourth-order valence-corrected chi connectivity index (χ4v) is 2.10. The summed E-state index contributed by atoms with van der Waals surface area (Å²) in [5, 5.41) is 2.55. The van der Waals surface area contributed by atoms with Crippen LogP contribution in [0.15, 0.2) is 16.6 Å². The molecule has 0 unspecified atom stereocenters. The third kappa shape index (κ3) is 5.19. The van der Waals surface area contributed by atoms with Crippen LogP contribution in [0.25, 0.3) is 0 Å². The maximum absolute atomic E-state index is 12.0. The Bertz CT molecular complexity index is 509. The fourth-order valence-electron chi connectivity index (χ4n) is 1.55. The Morgan fingerprint density at radius 3 is 2.23 bits per heavy atom. The number of hydrogen-bond acceptors (Lipinski definition) is 6. The van der Waals surface area contributed by atoms with Crippen molar-refractivity contribution in [3.05, 3.63) is 22.2 Å².